The van der Waals surface area contributed by atoms with Crippen molar-refractivity contribution in [2.75, 3.05) is 12.4 Å². The van der Waals surface area contributed by atoms with Crippen LogP contribution in [0.5, 0.6) is 0 Å². The normalized spacial score (nSPS) is 10.4. The Labute approximate surface area is 111 Å². The summed E-state index contributed by atoms with van der Waals surface area (Å²) in [5.74, 6) is 0.207. The van der Waals surface area contributed by atoms with Gasteiger partial charge in [0, 0.05) is 12.5 Å². The molecule has 6 nitrogen and oxygen atoms in total. The predicted molar refractivity (Wildman–Crippen MR) is 69.3 cm³/mol. The Bertz CT molecular complexity index is 551. The molecule has 2 rings (SSSR count). The molecular formula is C13H17N4O2+. The second kappa shape index (κ2) is 6.10. The van der Waals surface area contributed by atoms with Crippen molar-refractivity contribution in [1.29, 1.82) is 0 Å². The molecule has 0 radical (unpaired) electrons. The molecule has 2 aromatic rings. The third-order valence-corrected chi connectivity index (χ3v) is 2.61. The molecule has 1 aromatic heterocycles. The molecule has 0 atom stereocenters. The van der Waals surface area contributed by atoms with Crippen LogP contribution in [0.4, 0.5) is 5.88 Å². The smallest absolute Gasteiger partial charge is 0.306 e. The summed E-state index contributed by atoms with van der Waals surface area (Å²) in [6.07, 6.45) is 0. The van der Waals surface area contributed by atoms with E-state index in [0.29, 0.717) is 19.0 Å². The lowest BCUT2D eigenvalue weighted by molar-refractivity contribution is -0.760. The molecular weight excluding hydrogens is 244 g/mol. The van der Waals surface area contributed by atoms with Gasteiger partial charge >= 0.3 is 5.88 Å². The first kappa shape index (κ1) is 13.2. The van der Waals surface area contributed by atoms with Gasteiger partial charge in [0.2, 0.25) is 17.7 Å². The fraction of sp³-hybridized carbons (Fsp3) is 0.308. The monoisotopic (exact) mass is 261 g/mol. The van der Waals surface area contributed by atoms with Gasteiger partial charge in [0.15, 0.2) is 0 Å². The van der Waals surface area contributed by atoms with Crippen LogP contribution in [0.25, 0.3) is 0 Å². The van der Waals surface area contributed by atoms with E-state index in [1.165, 1.54) is 6.92 Å². The number of aromatic nitrogens is 2. The van der Waals surface area contributed by atoms with Crippen LogP contribution in [-0.2, 0) is 17.9 Å². The van der Waals surface area contributed by atoms with Crippen molar-refractivity contribution in [1.82, 2.24) is 10.6 Å². The number of nitrogens with zero attached hydrogens (tertiary/aromatic N) is 2. The van der Waals surface area contributed by atoms with Crippen LogP contribution in [0.2, 0.25) is 0 Å². The van der Waals surface area contributed by atoms with Crippen molar-refractivity contribution in [3.8, 4) is 0 Å². The summed E-state index contributed by atoms with van der Waals surface area (Å²) in [6.45, 7) is 2.60. The van der Waals surface area contributed by atoms with Gasteiger partial charge in [-0.2, -0.15) is 0 Å². The molecule has 0 fully saturated rings. The molecule has 0 aliphatic heterocycles. The maximum absolute atomic E-state index is 11.1. The molecule has 19 heavy (non-hydrogen) atoms. The minimum absolute atomic E-state index is 0.180. The minimum atomic E-state index is -0.180. The van der Waals surface area contributed by atoms with E-state index < -0.39 is 0 Å². The molecule has 1 amide bonds. The lowest BCUT2D eigenvalue weighted by Crippen LogP contribution is -2.41. The average Bonchev–Trinajstić information content (AvgIpc) is 2.74. The molecule has 0 spiro atoms. The number of carbonyl (C=O) groups excluding carboxylic acids is 1. The average molecular weight is 261 g/mol. The molecule has 100 valence electrons. The molecule has 0 aliphatic rings. The van der Waals surface area contributed by atoms with Crippen LogP contribution in [0, 0.1) is 0 Å². The van der Waals surface area contributed by atoms with Crippen LogP contribution in [-0.4, -0.2) is 18.2 Å². The van der Waals surface area contributed by atoms with E-state index in [9.17, 15) is 4.79 Å². The van der Waals surface area contributed by atoms with Gasteiger partial charge in [-0.1, -0.05) is 30.3 Å². The summed E-state index contributed by atoms with van der Waals surface area (Å²) in [5, 5.41) is 9.64. The Morgan fingerprint density at radius 2 is 2.11 bits per heavy atom. The summed E-state index contributed by atoms with van der Waals surface area (Å²) in [7, 11) is 1.83. The van der Waals surface area contributed by atoms with Gasteiger partial charge in [-0.3, -0.25) is 14.6 Å². The van der Waals surface area contributed by atoms with Gasteiger partial charge in [0.1, 0.15) is 0 Å². The molecule has 6 heteroatoms. The van der Waals surface area contributed by atoms with E-state index in [4.69, 9.17) is 4.52 Å². The van der Waals surface area contributed by atoms with E-state index in [0.717, 1.165) is 11.3 Å². The van der Waals surface area contributed by atoms with Crippen LogP contribution in [0.1, 0.15) is 18.2 Å². The molecule has 0 aliphatic carbocycles. The van der Waals surface area contributed by atoms with Crippen molar-refractivity contribution in [2.45, 2.75) is 20.0 Å². The number of amides is 1. The van der Waals surface area contributed by atoms with E-state index in [1.54, 1.807) is 4.68 Å². The van der Waals surface area contributed by atoms with E-state index in [-0.39, 0.29) is 5.91 Å². The summed E-state index contributed by atoms with van der Waals surface area (Å²) in [5.41, 5.74) is 1.93. The summed E-state index contributed by atoms with van der Waals surface area (Å²) in [4.78, 5) is 11.1. The highest BCUT2D eigenvalue weighted by molar-refractivity contribution is 5.87. The topological polar surface area (TPSA) is 71.0 Å². The van der Waals surface area contributed by atoms with Crippen molar-refractivity contribution in [3.63, 3.8) is 0 Å². The fourth-order valence-electron chi connectivity index (χ4n) is 1.78. The molecule has 0 unspecified atom stereocenters. The number of benzene rings is 1. The standard InChI is InChI=1S/C13H16N4O2/c1-10(18)15-13-12(8-14-2)17(16-19-13)9-11-6-4-3-5-7-11/h3-7,14H,8-9H2,1-2H3/p+1. The van der Waals surface area contributed by atoms with E-state index in [2.05, 4.69) is 15.9 Å². The summed E-state index contributed by atoms with van der Waals surface area (Å²) < 4.78 is 6.91. The van der Waals surface area contributed by atoms with E-state index >= 15 is 0 Å². The second-order valence-electron chi connectivity index (χ2n) is 4.20. The molecule has 2 N–H and O–H groups in total. The summed E-state index contributed by atoms with van der Waals surface area (Å²) >= 11 is 0. The third-order valence-electron chi connectivity index (χ3n) is 2.61. The lowest BCUT2D eigenvalue weighted by Gasteiger charge is -1.97. The second-order valence-corrected chi connectivity index (χ2v) is 4.20. The maximum atomic E-state index is 11.1. The quantitative estimate of drug-likeness (QED) is 0.777. The Balaban J connectivity index is 2.24. The highest BCUT2D eigenvalue weighted by atomic mass is 16.5. The number of hydrogen-bond donors (Lipinski definition) is 2. The number of nitrogens with one attached hydrogen (secondary N) is 2. The van der Waals surface area contributed by atoms with Crippen LogP contribution in [0.15, 0.2) is 34.9 Å². The fourth-order valence-corrected chi connectivity index (χ4v) is 1.78. The van der Waals surface area contributed by atoms with Gasteiger partial charge in [0.05, 0.1) is 6.54 Å². The maximum Gasteiger partial charge on any atom is 0.306 e. The zero-order chi connectivity index (χ0) is 13.7. The first-order valence-electron chi connectivity index (χ1n) is 6.05. The third kappa shape index (κ3) is 3.38. The first-order valence-corrected chi connectivity index (χ1v) is 6.05. The zero-order valence-corrected chi connectivity index (χ0v) is 11.0. The van der Waals surface area contributed by atoms with Gasteiger partial charge in [-0.05, 0) is 11.7 Å². The lowest BCUT2D eigenvalue weighted by atomic mass is 10.2. The number of anilines is 1. The van der Waals surface area contributed by atoms with Gasteiger partial charge in [0.25, 0.3) is 5.69 Å². The number of rotatable bonds is 5. The number of carbonyl (C=O) groups is 1. The van der Waals surface area contributed by atoms with E-state index in [1.807, 2.05) is 37.4 Å². The van der Waals surface area contributed by atoms with Gasteiger partial charge in [-0.25, -0.2) is 0 Å². The Hall–Kier alpha value is -2.21. The van der Waals surface area contributed by atoms with Crippen molar-refractivity contribution in [2.24, 2.45) is 0 Å². The Morgan fingerprint density at radius 3 is 2.74 bits per heavy atom. The molecule has 0 bridgehead atoms. The predicted octanol–water partition coefficient (Wildman–Crippen LogP) is 0.688. The van der Waals surface area contributed by atoms with Gasteiger partial charge < -0.3 is 5.32 Å². The summed E-state index contributed by atoms with van der Waals surface area (Å²) in [6, 6.07) is 9.95. The van der Waals surface area contributed by atoms with Crippen molar-refractivity contribution >= 4 is 11.8 Å². The molecule has 1 aromatic carbocycles. The number of hydrogen-bond acceptors (Lipinski definition) is 4. The van der Waals surface area contributed by atoms with Crippen LogP contribution >= 0.6 is 0 Å². The zero-order valence-electron chi connectivity index (χ0n) is 11.0. The first-order chi connectivity index (χ1) is 9.20. The van der Waals surface area contributed by atoms with Crippen LogP contribution in [0.3, 0.4) is 0 Å². The van der Waals surface area contributed by atoms with Gasteiger partial charge in [-0.15, -0.1) is 0 Å². The van der Waals surface area contributed by atoms with Crippen molar-refractivity contribution < 1.29 is 14.0 Å². The minimum Gasteiger partial charge on any atom is -0.310 e. The van der Waals surface area contributed by atoms with Crippen molar-refractivity contribution in [3.05, 3.63) is 41.6 Å². The highest BCUT2D eigenvalue weighted by Gasteiger charge is 2.24. The molecule has 1 heterocycles. The largest absolute Gasteiger partial charge is 0.310 e. The molecule has 0 saturated heterocycles. The molecule has 0 saturated carbocycles. The van der Waals surface area contributed by atoms with Crippen LogP contribution < -0.4 is 15.3 Å². The highest BCUT2D eigenvalue weighted by Crippen LogP contribution is 2.10. The SMILES string of the molecule is CNCc1c(NC(C)=O)on[n+]1Cc1ccccc1. The Kier molecular flexibility index (Phi) is 4.25. The Morgan fingerprint density at radius 1 is 1.37 bits per heavy atom.